The Morgan fingerprint density at radius 3 is 3.00 bits per heavy atom. The topological polar surface area (TPSA) is 41.6 Å². The van der Waals surface area contributed by atoms with Crippen LogP contribution >= 0.6 is 0 Å². The predicted octanol–water partition coefficient (Wildman–Crippen LogP) is 2.50. The molecule has 2 heterocycles. The second-order valence-corrected chi connectivity index (χ2v) is 3.20. The van der Waals surface area contributed by atoms with E-state index in [2.05, 4.69) is 21.8 Å². The third-order valence-corrected chi connectivity index (χ3v) is 2.05. The molecule has 2 aromatic rings. The lowest BCUT2D eigenvalue weighted by Gasteiger charge is -2.01. The molecule has 3 nitrogen and oxygen atoms in total. The van der Waals surface area contributed by atoms with Gasteiger partial charge in [-0.15, -0.1) is 0 Å². The van der Waals surface area contributed by atoms with Crippen LogP contribution in [0.2, 0.25) is 0 Å². The highest BCUT2D eigenvalue weighted by molar-refractivity contribution is 5.67. The number of aromatic amines is 1. The Morgan fingerprint density at radius 2 is 2.36 bits per heavy atom. The monoisotopic (exact) mass is 185 g/mol. The SMILES string of the molecule is C=C(C)c1ccnc(-c2cn[nH]c2)c1. The van der Waals surface area contributed by atoms with Gasteiger partial charge in [-0.25, -0.2) is 0 Å². The Hall–Kier alpha value is -1.90. The lowest BCUT2D eigenvalue weighted by molar-refractivity contribution is 1.09. The van der Waals surface area contributed by atoms with Gasteiger partial charge in [-0.2, -0.15) is 5.10 Å². The number of hydrogen-bond donors (Lipinski definition) is 1. The van der Waals surface area contributed by atoms with E-state index in [0.29, 0.717) is 0 Å². The molecule has 0 spiro atoms. The minimum Gasteiger partial charge on any atom is -0.285 e. The van der Waals surface area contributed by atoms with Crippen molar-refractivity contribution in [3.63, 3.8) is 0 Å². The van der Waals surface area contributed by atoms with Crippen molar-refractivity contribution in [3.05, 3.63) is 42.9 Å². The number of allylic oxidation sites excluding steroid dienone is 1. The molecule has 0 saturated heterocycles. The van der Waals surface area contributed by atoms with Crippen LogP contribution in [0.1, 0.15) is 12.5 Å². The normalized spacial score (nSPS) is 10.1. The quantitative estimate of drug-likeness (QED) is 0.781. The van der Waals surface area contributed by atoms with Crippen LogP contribution in [-0.4, -0.2) is 15.2 Å². The molecule has 2 aromatic heterocycles. The first-order valence-corrected chi connectivity index (χ1v) is 4.38. The Bertz CT molecular complexity index is 443. The van der Waals surface area contributed by atoms with Crippen LogP contribution in [-0.2, 0) is 0 Å². The molecule has 70 valence electrons. The largest absolute Gasteiger partial charge is 0.285 e. The molecule has 0 radical (unpaired) electrons. The van der Waals surface area contributed by atoms with E-state index >= 15 is 0 Å². The second kappa shape index (κ2) is 3.46. The Kier molecular flexibility index (Phi) is 2.14. The van der Waals surface area contributed by atoms with E-state index in [-0.39, 0.29) is 0 Å². The maximum atomic E-state index is 4.26. The summed E-state index contributed by atoms with van der Waals surface area (Å²) < 4.78 is 0. The average molecular weight is 185 g/mol. The first kappa shape index (κ1) is 8.69. The van der Waals surface area contributed by atoms with E-state index in [1.165, 1.54) is 0 Å². The zero-order chi connectivity index (χ0) is 9.97. The minimum absolute atomic E-state index is 0.916. The van der Waals surface area contributed by atoms with Gasteiger partial charge < -0.3 is 0 Å². The van der Waals surface area contributed by atoms with E-state index in [0.717, 1.165) is 22.4 Å². The number of aromatic nitrogens is 3. The second-order valence-electron chi connectivity index (χ2n) is 3.20. The number of nitrogens with one attached hydrogen (secondary N) is 1. The van der Waals surface area contributed by atoms with Crippen molar-refractivity contribution in [3.8, 4) is 11.3 Å². The maximum absolute atomic E-state index is 4.26. The van der Waals surface area contributed by atoms with Gasteiger partial charge in [-0.3, -0.25) is 10.1 Å². The predicted molar refractivity (Wildman–Crippen MR) is 56.5 cm³/mol. The standard InChI is InChI=1S/C11H11N3/c1-8(2)9-3-4-12-11(5-9)10-6-13-14-7-10/h3-7H,1H2,2H3,(H,13,14). The number of pyridine rings is 1. The summed E-state index contributed by atoms with van der Waals surface area (Å²) in [6, 6.07) is 3.96. The molecule has 0 atom stereocenters. The Balaban J connectivity index is 2.46. The summed E-state index contributed by atoms with van der Waals surface area (Å²) in [4.78, 5) is 4.26. The first-order chi connectivity index (χ1) is 6.77. The van der Waals surface area contributed by atoms with E-state index in [1.54, 1.807) is 12.4 Å². The molecule has 0 unspecified atom stereocenters. The van der Waals surface area contributed by atoms with Crippen LogP contribution in [0, 0.1) is 0 Å². The van der Waals surface area contributed by atoms with E-state index in [4.69, 9.17) is 0 Å². The molecule has 0 fully saturated rings. The van der Waals surface area contributed by atoms with Gasteiger partial charge in [-0.1, -0.05) is 12.2 Å². The van der Waals surface area contributed by atoms with Crippen LogP contribution in [0.3, 0.4) is 0 Å². The molecule has 0 aliphatic rings. The highest BCUT2D eigenvalue weighted by Crippen LogP contribution is 2.19. The molecule has 2 rings (SSSR count). The molecule has 0 amide bonds. The fourth-order valence-corrected chi connectivity index (χ4v) is 1.24. The van der Waals surface area contributed by atoms with Gasteiger partial charge in [0.2, 0.25) is 0 Å². The Morgan fingerprint density at radius 1 is 1.50 bits per heavy atom. The van der Waals surface area contributed by atoms with Crippen LogP contribution in [0.4, 0.5) is 0 Å². The zero-order valence-electron chi connectivity index (χ0n) is 7.99. The fourth-order valence-electron chi connectivity index (χ4n) is 1.24. The average Bonchev–Trinajstić information content (AvgIpc) is 2.71. The minimum atomic E-state index is 0.916. The van der Waals surface area contributed by atoms with Crippen molar-refractivity contribution < 1.29 is 0 Å². The molecule has 1 N–H and O–H groups in total. The van der Waals surface area contributed by atoms with Crippen molar-refractivity contribution >= 4 is 5.57 Å². The highest BCUT2D eigenvalue weighted by atomic mass is 15.1. The summed E-state index contributed by atoms with van der Waals surface area (Å²) in [5, 5.41) is 6.65. The molecule has 0 aromatic carbocycles. The third-order valence-electron chi connectivity index (χ3n) is 2.05. The van der Waals surface area contributed by atoms with Crippen LogP contribution < -0.4 is 0 Å². The summed E-state index contributed by atoms with van der Waals surface area (Å²) in [6.07, 6.45) is 5.36. The van der Waals surface area contributed by atoms with Crippen LogP contribution in [0.5, 0.6) is 0 Å². The number of rotatable bonds is 2. The molecule has 0 bridgehead atoms. The smallest absolute Gasteiger partial charge is 0.0739 e. The van der Waals surface area contributed by atoms with E-state index in [1.807, 2.05) is 25.3 Å². The molecule has 14 heavy (non-hydrogen) atoms. The molecular formula is C11H11N3. The highest BCUT2D eigenvalue weighted by Gasteiger charge is 2.01. The zero-order valence-corrected chi connectivity index (χ0v) is 7.99. The van der Waals surface area contributed by atoms with Gasteiger partial charge in [0, 0.05) is 18.0 Å². The first-order valence-electron chi connectivity index (χ1n) is 4.38. The van der Waals surface area contributed by atoms with Gasteiger partial charge in [0.15, 0.2) is 0 Å². The molecule has 0 aliphatic heterocycles. The summed E-state index contributed by atoms with van der Waals surface area (Å²) in [7, 11) is 0. The maximum Gasteiger partial charge on any atom is 0.0739 e. The summed E-state index contributed by atoms with van der Waals surface area (Å²) in [5.41, 5.74) is 4.06. The summed E-state index contributed by atoms with van der Waals surface area (Å²) in [6.45, 7) is 5.88. The summed E-state index contributed by atoms with van der Waals surface area (Å²) in [5.74, 6) is 0. The van der Waals surface area contributed by atoms with Crippen LogP contribution in [0.15, 0.2) is 37.3 Å². The van der Waals surface area contributed by atoms with Crippen molar-refractivity contribution in [2.45, 2.75) is 6.92 Å². The van der Waals surface area contributed by atoms with E-state index < -0.39 is 0 Å². The van der Waals surface area contributed by atoms with Crippen molar-refractivity contribution in [1.82, 2.24) is 15.2 Å². The molecular weight excluding hydrogens is 174 g/mol. The van der Waals surface area contributed by atoms with Crippen molar-refractivity contribution in [1.29, 1.82) is 0 Å². The van der Waals surface area contributed by atoms with Crippen molar-refractivity contribution in [2.24, 2.45) is 0 Å². The van der Waals surface area contributed by atoms with Gasteiger partial charge in [0.1, 0.15) is 0 Å². The number of H-pyrrole nitrogens is 1. The van der Waals surface area contributed by atoms with Gasteiger partial charge in [0.05, 0.1) is 11.9 Å². The van der Waals surface area contributed by atoms with Gasteiger partial charge >= 0.3 is 0 Å². The lowest BCUT2D eigenvalue weighted by atomic mass is 10.1. The van der Waals surface area contributed by atoms with Gasteiger partial charge in [-0.05, 0) is 24.6 Å². The molecule has 0 aliphatic carbocycles. The van der Waals surface area contributed by atoms with Crippen LogP contribution in [0.25, 0.3) is 16.8 Å². The Labute approximate surface area is 82.5 Å². The number of hydrogen-bond acceptors (Lipinski definition) is 2. The van der Waals surface area contributed by atoms with Crippen molar-refractivity contribution in [2.75, 3.05) is 0 Å². The lowest BCUT2D eigenvalue weighted by Crippen LogP contribution is -1.84. The summed E-state index contributed by atoms with van der Waals surface area (Å²) >= 11 is 0. The molecule has 3 heteroatoms. The van der Waals surface area contributed by atoms with Gasteiger partial charge in [0.25, 0.3) is 0 Å². The third kappa shape index (κ3) is 1.57. The fraction of sp³-hybridized carbons (Fsp3) is 0.0909. The van der Waals surface area contributed by atoms with E-state index in [9.17, 15) is 0 Å². The number of nitrogens with zero attached hydrogens (tertiary/aromatic N) is 2. The molecule has 0 saturated carbocycles.